The summed E-state index contributed by atoms with van der Waals surface area (Å²) in [4.78, 5) is 15.4. The second kappa shape index (κ2) is 6.05. The number of nitrogen functional groups attached to an aromatic ring is 1. The second-order valence-electron chi connectivity index (χ2n) is 5.67. The van der Waals surface area contributed by atoms with E-state index in [-0.39, 0.29) is 12.4 Å². The minimum atomic E-state index is -3.98. The molecule has 24 heavy (non-hydrogen) atoms. The van der Waals surface area contributed by atoms with Crippen molar-refractivity contribution in [1.29, 1.82) is 0 Å². The summed E-state index contributed by atoms with van der Waals surface area (Å²) in [6, 6.07) is 1.30. The van der Waals surface area contributed by atoms with Gasteiger partial charge < -0.3 is 10.5 Å². The molecule has 134 valence electrons. The van der Waals surface area contributed by atoms with Gasteiger partial charge in [-0.25, -0.2) is 13.8 Å². The second-order valence-corrected chi connectivity index (χ2v) is 7.82. The molecule has 9 nitrogen and oxygen atoms in total. The molecule has 0 saturated carbocycles. The Kier molecular flexibility index (Phi) is 4.48. The van der Waals surface area contributed by atoms with Crippen molar-refractivity contribution in [3.8, 4) is 0 Å². The van der Waals surface area contributed by atoms with Crippen LogP contribution in [0, 0.1) is 0 Å². The number of phosphoric ester groups is 1. The predicted molar refractivity (Wildman–Crippen MR) is 81.2 cm³/mol. The van der Waals surface area contributed by atoms with Crippen molar-refractivity contribution in [2.45, 2.75) is 43.5 Å². The third-order valence-electron chi connectivity index (χ3n) is 3.43. The number of aromatic nitrogens is 2. The van der Waals surface area contributed by atoms with Crippen molar-refractivity contribution in [3.63, 3.8) is 0 Å². The number of rotatable bonds is 3. The van der Waals surface area contributed by atoms with E-state index in [0.29, 0.717) is 0 Å². The van der Waals surface area contributed by atoms with E-state index in [0.717, 1.165) is 4.57 Å². The number of hydrogen-bond donors (Lipinski definition) is 1. The molecule has 3 rings (SSSR count). The molecule has 2 aliphatic rings. The van der Waals surface area contributed by atoms with E-state index in [1.165, 1.54) is 12.3 Å². The first-order valence-electron chi connectivity index (χ1n) is 7.12. The highest BCUT2D eigenvalue weighted by Gasteiger charge is 2.63. The highest BCUT2D eigenvalue weighted by molar-refractivity contribution is 7.48. The maximum Gasteiger partial charge on any atom is 0.475 e. The molecule has 1 aromatic rings. The number of nitrogens with two attached hydrogens (primary N) is 1. The van der Waals surface area contributed by atoms with Crippen LogP contribution in [0.2, 0.25) is 0 Å². The lowest BCUT2D eigenvalue weighted by molar-refractivity contribution is -0.0748. The van der Waals surface area contributed by atoms with E-state index in [1.807, 2.05) is 0 Å². The maximum atomic E-state index is 15.1. The number of hydrogen-bond acceptors (Lipinski definition) is 8. The summed E-state index contributed by atoms with van der Waals surface area (Å²) in [5, 5.41) is -2.69. The largest absolute Gasteiger partial charge is 0.475 e. The van der Waals surface area contributed by atoms with E-state index >= 15 is 4.39 Å². The van der Waals surface area contributed by atoms with Crippen LogP contribution < -0.4 is 11.4 Å². The van der Waals surface area contributed by atoms with E-state index in [4.69, 9.17) is 35.6 Å². The third-order valence-corrected chi connectivity index (χ3v) is 5.47. The first kappa shape index (κ1) is 17.8. The van der Waals surface area contributed by atoms with E-state index in [1.54, 1.807) is 13.8 Å². The van der Waals surface area contributed by atoms with Crippen molar-refractivity contribution < 1.29 is 27.3 Å². The molecule has 0 aromatic carbocycles. The normalized spacial score (nSPS) is 39.1. The topological polar surface area (TPSA) is 115 Å². The molecule has 5 atom stereocenters. The van der Waals surface area contributed by atoms with Gasteiger partial charge >= 0.3 is 13.5 Å². The molecule has 2 saturated heterocycles. The molecular weight excluding hydrogens is 368 g/mol. The fourth-order valence-corrected chi connectivity index (χ4v) is 4.47. The Hall–Kier alpha value is -1.03. The standard InChI is InChI=1S/C12H16ClFN3O6P/c1-6(2)22-24(19)20-5-7-9(23-24)12(13,14)10(21-7)17-4-3-8(15)16-11(17)18/h3-4,6-7,9-10H,5H2,1-2H3,(H2,15,16,18). The van der Waals surface area contributed by atoms with Crippen LogP contribution in [0.15, 0.2) is 17.1 Å². The first-order valence-corrected chi connectivity index (χ1v) is 8.95. The molecule has 0 bridgehead atoms. The minimum Gasteiger partial charge on any atom is -0.383 e. The van der Waals surface area contributed by atoms with Crippen LogP contribution in [-0.2, 0) is 22.9 Å². The monoisotopic (exact) mass is 383 g/mol. The summed E-state index contributed by atoms with van der Waals surface area (Å²) in [6.07, 6.45) is -3.25. The summed E-state index contributed by atoms with van der Waals surface area (Å²) in [7, 11) is -3.98. The molecule has 2 fully saturated rings. The van der Waals surface area contributed by atoms with Gasteiger partial charge in [0.25, 0.3) is 5.13 Å². The van der Waals surface area contributed by atoms with E-state index in [2.05, 4.69) is 4.98 Å². The summed E-state index contributed by atoms with van der Waals surface area (Å²) in [5.74, 6) is -0.0277. The third kappa shape index (κ3) is 3.10. The van der Waals surface area contributed by atoms with Gasteiger partial charge in [0.15, 0.2) is 12.3 Å². The number of ether oxygens (including phenoxy) is 1. The number of alkyl halides is 2. The first-order chi connectivity index (χ1) is 11.1. The average molecular weight is 384 g/mol. The van der Waals surface area contributed by atoms with Gasteiger partial charge in [-0.15, -0.1) is 0 Å². The highest BCUT2D eigenvalue weighted by atomic mass is 35.5. The number of anilines is 1. The number of halogens is 2. The van der Waals surface area contributed by atoms with E-state index in [9.17, 15) is 9.36 Å². The van der Waals surface area contributed by atoms with Crippen LogP contribution in [0.3, 0.4) is 0 Å². The van der Waals surface area contributed by atoms with Gasteiger partial charge in [-0.2, -0.15) is 4.98 Å². The Labute approximate surface area is 141 Å². The zero-order valence-corrected chi connectivity index (χ0v) is 14.4. The smallest absolute Gasteiger partial charge is 0.383 e. The maximum absolute atomic E-state index is 15.1. The number of phosphoric acid groups is 1. The molecule has 12 heteroatoms. The Morgan fingerprint density at radius 3 is 2.96 bits per heavy atom. The predicted octanol–water partition coefficient (Wildman–Crippen LogP) is 1.58. The zero-order valence-electron chi connectivity index (χ0n) is 12.8. The van der Waals surface area contributed by atoms with E-state index < -0.39 is 43.2 Å². The zero-order chi connectivity index (χ0) is 17.7. The molecule has 0 radical (unpaired) electrons. The lowest BCUT2D eigenvalue weighted by Crippen LogP contribution is -2.44. The van der Waals surface area contributed by atoms with Gasteiger partial charge in [-0.1, -0.05) is 11.6 Å². The van der Waals surface area contributed by atoms with Crippen LogP contribution in [0.4, 0.5) is 10.2 Å². The van der Waals surface area contributed by atoms with Crippen molar-refractivity contribution in [3.05, 3.63) is 22.7 Å². The SMILES string of the molecule is CC(C)OP1(=O)OCC2OC(n3ccc(N)nc3=O)C(F)(Cl)C2O1. The fraction of sp³-hybridized carbons (Fsp3) is 0.667. The van der Waals surface area contributed by atoms with Crippen molar-refractivity contribution >= 4 is 25.2 Å². The fourth-order valence-electron chi connectivity index (χ4n) is 2.48. The molecular formula is C12H16ClFN3O6P. The van der Waals surface area contributed by atoms with Crippen LogP contribution in [0.5, 0.6) is 0 Å². The molecule has 2 aliphatic heterocycles. The molecule has 2 N–H and O–H groups in total. The summed E-state index contributed by atoms with van der Waals surface area (Å²) >= 11 is 5.95. The summed E-state index contributed by atoms with van der Waals surface area (Å²) < 4.78 is 49.1. The molecule has 3 heterocycles. The molecule has 0 spiro atoms. The quantitative estimate of drug-likeness (QED) is 0.618. The van der Waals surface area contributed by atoms with Crippen LogP contribution in [0.25, 0.3) is 0 Å². The van der Waals surface area contributed by atoms with Crippen molar-refractivity contribution in [2.75, 3.05) is 12.3 Å². The van der Waals surface area contributed by atoms with Gasteiger partial charge in [-0.05, 0) is 19.9 Å². The average Bonchev–Trinajstić information content (AvgIpc) is 2.69. The van der Waals surface area contributed by atoms with Crippen LogP contribution >= 0.6 is 19.4 Å². The van der Waals surface area contributed by atoms with Gasteiger partial charge in [0.2, 0.25) is 0 Å². The lowest BCUT2D eigenvalue weighted by atomic mass is 10.1. The Bertz CT molecular complexity index is 744. The Morgan fingerprint density at radius 1 is 1.62 bits per heavy atom. The molecule has 5 unspecified atom stereocenters. The Balaban J connectivity index is 1.90. The number of fused-ring (bicyclic) bond motifs is 1. The van der Waals surface area contributed by atoms with Crippen molar-refractivity contribution in [2.24, 2.45) is 0 Å². The highest BCUT2D eigenvalue weighted by Crippen LogP contribution is 2.60. The van der Waals surface area contributed by atoms with Gasteiger partial charge in [-0.3, -0.25) is 18.1 Å². The van der Waals surface area contributed by atoms with Crippen LogP contribution in [0.1, 0.15) is 20.1 Å². The van der Waals surface area contributed by atoms with Crippen LogP contribution in [-0.4, -0.2) is 39.6 Å². The number of nitrogens with zero attached hydrogens (tertiary/aromatic N) is 2. The lowest BCUT2D eigenvalue weighted by Gasteiger charge is -2.33. The Morgan fingerprint density at radius 2 is 2.33 bits per heavy atom. The summed E-state index contributed by atoms with van der Waals surface area (Å²) in [5.41, 5.74) is 4.56. The van der Waals surface area contributed by atoms with Gasteiger partial charge in [0.05, 0.1) is 12.7 Å². The van der Waals surface area contributed by atoms with Crippen molar-refractivity contribution in [1.82, 2.24) is 9.55 Å². The summed E-state index contributed by atoms with van der Waals surface area (Å²) in [6.45, 7) is 2.98. The van der Waals surface area contributed by atoms with Gasteiger partial charge in [0.1, 0.15) is 11.9 Å². The molecule has 0 aliphatic carbocycles. The van der Waals surface area contributed by atoms with Gasteiger partial charge in [0, 0.05) is 6.20 Å². The minimum absolute atomic E-state index is 0.0277. The molecule has 1 aromatic heterocycles. The molecule has 0 amide bonds.